The summed E-state index contributed by atoms with van der Waals surface area (Å²) in [5, 5.41) is 11.5. The Kier molecular flexibility index (Phi) is 7.54. The smallest absolute Gasteiger partial charge is 0.317 e. The van der Waals surface area contributed by atoms with E-state index in [1.807, 2.05) is 13.8 Å². The number of hydrogen-bond acceptors (Lipinski definition) is 3. The number of carbonyl (C=O) groups excluding carboxylic acids is 1. The minimum atomic E-state index is -0.907. The number of carboxylic acid groups (broad SMARTS) is 1. The summed E-state index contributed by atoms with van der Waals surface area (Å²) in [6, 6.07) is 0.0491. The quantitative estimate of drug-likeness (QED) is 0.602. The number of rotatable bonds is 8. The van der Waals surface area contributed by atoms with Crippen LogP contribution < -0.4 is 5.32 Å². The fourth-order valence-corrected chi connectivity index (χ4v) is 1.24. The molecule has 0 aliphatic heterocycles. The Labute approximate surface area is 96.8 Å². The van der Waals surface area contributed by atoms with Gasteiger partial charge >= 0.3 is 5.97 Å². The van der Waals surface area contributed by atoms with Gasteiger partial charge in [0.2, 0.25) is 5.91 Å². The molecule has 0 saturated carbocycles. The molecule has 0 saturated heterocycles. The molecule has 0 radical (unpaired) electrons. The van der Waals surface area contributed by atoms with E-state index in [9.17, 15) is 9.59 Å². The summed E-state index contributed by atoms with van der Waals surface area (Å²) in [5.74, 6) is -1.02. The van der Waals surface area contributed by atoms with E-state index in [-0.39, 0.29) is 25.0 Å². The maximum Gasteiger partial charge on any atom is 0.317 e. The van der Waals surface area contributed by atoms with Crippen molar-refractivity contribution >= 4 is 11.9 Å². The summed E-state index contributed by atoms with van der Waals surface area (Å²) in [6.45, 7) is 6.52. The van der Waals surface area contributed by atoms with Crippen LogP contribution in [0.2, 0.25) is 0 Å². The Balaban J connectivity index is 3.98. The fraction of sp³-hybridized carbons (Fsp3) is 0.818. The first-order chi connectivity index (χ1) is 7.47. The van der Waals surface area contributed by atoms with Gasteiger partial charge in [-0.25, -0.2) is 0 Å². The molecule has 2 N–H and O–H groups in total. The van der Waals surface area contributed by atoms with Crippen molar-refractivity contribution in [2.45, 2.75) is 39.7 Å². The highest BCUT2D eigenvalue weighted by Crippen LogP contribution is 1.97. The zero-order chi connectivity index (χ0) is 12.6. The molecule has 1 amide bonds. The van der Waals surface area contributed by atoms with Gasteiger partial charge in [-0.3, -0.25) is 14.5 Å². The molecule has 16 heavy (non-hydrogen) atoms. The molecule has 0 bridgehead atoms. The van der Waals surface area contributed by atoms with E-state index >= 15 is 0 Å². The zero-order valence-corrected chi connectivity index (χ0v) is 10.3. The molecular formula is C11H22N2O3. The molecule has 0 fully saturated rings. The van der Waals surface area contributed by atoms with Gasteiger partial charge in [0.1, 0.15) is 0 Å². The Bertz CT molecular complexity index is 229. The van der Waals surface area contributed by atoms with Gasteiger partial charge in [0.25, 0.3) is 0 Å². The Hall–Kier alpha value is -1.10. The maximum atomic E-state index is 11.5. The predicted molar refractivity (Wildman–Crippen MR) is 62.3 cm³/mol. The first-order valence-corrected chi connectivity index (χ1v) is 5.69. The number of hydrogen-bond donors (Lipinski definition) is 2. The van der Waals surface area contributed by atoms with Crippen LogP contribution in [0.3, 0.4) is 0 Å². The molecule has 94 valence electrons. The van der Waals surface area contributed by atoms with Crippen LogP contribution in [0.1, 0.15) is 33.6 Å². The summed E-state index contributed by atoms with van der Waals surface area (Å²) in [6.07, 6.45) is 1.98. The van der Waals surface area contributed by atoms with E-state index in [0.717, 1.165) is 12.8 Å². The molecule has 0 aromatic rings. The third-order valence-corrected chi connectivity index (χ3v) is 2.27. The largest absolute Gasteiger partial charge is 0.480 e. The van der Waals surface area contributed by atoms with Gasteiger partial charge in [0, 0.05) is 12.6 Å². The zero-order valence-electron chi connectivity index (χ0n) is 10.3. The van der Waals surface area contributed by atoms with E-state index in [4.69, 9.17) is 5.11 Å². The van der Waals surface area contributed by atoms with Gasteiger partial charge in [-0.15, -0.1) is 0 Å². The first-order valence-electron chi connectivity index (χ1n) is 5.69. The molecule has 0 unspecified atom stereocenters. The number of carboxylic acids is 1. The van der Waals surface area contributed by atoms with Crippen LogP contribution in [0.25, 0.3) is 0 Å². The summed E-state index contributed by atoms with van der Waals surface area (Å²) >= 11 is 0. The number of unbranched alkanes of at least 4 members (excludes halogenated alkanes) is 1. The highest BCUT2D eigenvalue weighted by molar-refractivity contribution is 5.79. The van der Waals surface area contributed by atoms with Gasteiger partial charge in [0.05, 0.1) is 13.1 Å². The third kappa shape index (κ3) is 7.23. The lowest BCUT2D eigenvalue weighted by molar-refractivity contribution is -0.139. The molecule has 5 nitrogen and oxygen atoms in total. The second-order valence-corrected chi connectivity index (χ2v) is 4.10. The molecular weight excluding hydrogens is 208 g/mol. The summed E-state index contributed by atoms with van der Waals surface area (Å²) in [4.78, 5) is 23.7. The van der Waals surface area contributed by atoms with Crippen molar-refractivity contribution in [3.05, 3.63) is 0 Å². The predicted octanol–water partition coefficient (Wildman–Crippen LogP) is 0.698. The normalized spacial score (nSPS) is 10.8. The van der Waals surface area contributed by atoms with E-state index in [2.05, 4.69) is 12.2 Å². The third-order valence-electron chi connectivity index (χ3n) is 2.27. The molecule has 0 heterocycles. The fourth-order valence-electron chi connectivity index (χ4n) is 1.24. The second kappa shape index (κ2) is 8.10. The SMILES string of the molecule is CCCCNC(=O)CN(CC(=O)O)C(C)C. The van der Waals surface area contributed by atoms with Crippen molar-refractivity contribution in [2.75, 3.05) is 19.6 Å². The number of nitrogens with one attached hydrogen (secondary N) is 1. The Morgan fingerprint density at radius 2 is 1.94 bits per heavy atom. The summed E-state index contributed by atoms with van der Waals surface area (Å²) in [5.41, 5.74) is 0. The van der Waals surface area contributed by atoms with Crippen LogP contribution in [0.15, 0.2) is 0 Å². The number of carbonyl (C=O) groups is 2. The average Bonchev–Trinajstić information content (AvgIpc) is 2.16. The van der Waals surface area contributed by atoms with Gasteiger partial charge in [-0.2, -0.15) is 0 Å². The lowest BCUT2D eigenvalue weighted by Crippen LogP contribution is -2.43. The van der Waals surface area contributed by atoms with Gasteiger partial charge in [-0.1, -0.05) is 13.3 Å². The summed E-state index contributed by atoms with van der Waals surface area (Å²) in [7, 11) is 0. The molecule has 0 aromatic heterocycles. The lowest BCUT2D eigenvalue weighted by Gasteiger charge is -2.23. The molecule has 0 aliphatic rings. The van der Waals surface area contributed by atoms with Crippen molar-refractivity contribution in [1.29, 1.82) is 0 Å². The first kappa shape index (κ1) is 14.9. The van der Waals surface area contributed by atoms with Crippen LogP contribution in [-0.2, 0) is 9.59 Å². The van der Waals surface area contributed by atoms with Crippen LogP contribution >= 0.6 is 0 Å². The molecule has 0 aromatic carbocycles. The van der Waals surface area contributed by atoms with Crippen molar-refractivity contribution in [3.8, 4) is 0 Å². The number of nitrogens with zero attached hydrogens (tertiary/aromatic N) is 1. The van der Waals surface area contributed by atoms with Crippen LogP contribution in [0, 0.1) is 0 Å². The van der Waals surface area contributed by atoms with Crippen LogP contribution in [0.5, 0.6) is 0 Å². The van der Waals surface area contributed by atoms with Crippen molar-refractivity contribution < 1.29 is 14.7 Å². The lowest BCUT2D eigenvalue weighted by atomic mass is 10.3. The molecule has 0 aliphatic carbocycles. The van der Waals surface area contributed by atoms with Crippen LogP contribution in [-0.4, -0.2) is 47.6 Å². The highest BCUT2D eigenvalue weighted by atomic mass is 16.4. The number of aliphatic carboxylic acids is 1. The monoisotopic (exact) mass is 230 g/mol. The van der Waals surface area contributed by atoms with Crippen molar-refractivity contribution in [3.63, 3.8) is 0 Å². The van der Waals surface area contributed by atoms with Crippen molar-refractivity contribution in [2.24, 2.45) is 0 Å². The summed E-state index contributed by atoms with van der Waals surface area (Å²) < 4.78 is 0. The average molecular weight is 230 g/mol. The molecule has 0 spiro atoms. The van der Waals surface area contributed by atoms with Gasteiger partial charge in [0.15, 0.2) is 0 Å². The van der Waals surface area contributed by atoms with E-state index in [0.29, 0.717) is 6.54 Å². The van der Waals surface area contributed by atoms with Crippen molar-refractivity contribution in [1.82, 2.24) is 10.2 Å². The number of amides is 1. The minimum Gasteiger partial charge on any atom is -0.480 e. The van der Waals surface area contributed by atoms with E-state index in [1.54, 1.807) is 4.90 Å². The second-order valence-electron chi connectivity index (χ2n) is 4.10. The molecule has 5 heteroatoms. The highest BCUT2D eigenvalue weighted by Gasteiger charge is 2.16. The topological polar surface area (TPSA) is 69.6 Å². The van der Waals surface area contributed by atoms with Gasteiger partial charge in [-0.05, 0) is 20.3 Å². The Morgan fingerprint density at radius 3 is 2.38 bits per heavy atom. The standard InChI is InChI=1S/C11H22N2O3/c1-4-5-6-12-10(14)7-13(9(2)3)8-11(15)16/h9H,4-8H2,1-3H3,(H,12,14)(H,15,16). The molecule has 0 rings (SSSR count). The van der Waals surface area contributed by atoms with Gasteiger partial charge < -0.3 is 10.4 Å². The van der Waals surface area contributed by atoms with E-state index < -0.39 is 5.97 Å². The maximum absolute atomic E-state index is 11.5. The molecule has 0 atom stereocenters. The van der Waals surface area contributed by atoms with Crippen LogP contribution in [0.4, 0.5) is 0 Å². The minimum absolute atomic E-state index is 0.0491. The van der Waals surface area contributed by atoms with E-state index in [1.165, 1.54) is 0 Å². The Morgan fingerprint density at radius 1 is 1.31 bits per heavy atom.